The Kier molecular flexibility index (Phi) is 5.67. The second-order valence-corrected chi connectivity index (χ2v) is 6.97. The summed E-state index contributed by atoms with van der Waals surface area (Å²) in [4.78, 5) is 24.5. The Morgan fingerprint density at radius 2 is 1.96 bits per heavy atom. The Bertz CT molecular complexity index is 783. The molecule has 1 heterocycles. The summed E-state index contributed by atoms with van der Waals surface area (Å²) in [6.45, 7) is 9.19. The fourth-order valence-corrected chi connectivity index (χ4v) is 2.77. The fraction of sp³-hybridized carbons (Fsp3) is 0.400. The van der Waals surface area contributed by atoms with Crippen molar-refractivity contribution in [2.24, 2.45) is 5.92 Å². The Morgan fingerprint density at radius 1 is 1.28 bits per heavy atom. The van der Waals surface area contributed by atoms with Crippen molar-refractivity contribution in [1.29, 1.82) is 0 Å². The topological polar surface area (TPSA) is 57.5 Å². The van der Waals surface area contributed by atoms with Crippen molar-refractivity contribution in [1.82, 2.24) is 4.57 Å². The maximum atomic E-state index is 12.5. The standard InChI is InChI=1S/C20H25NO4/c1-6-9-14(18(22)24-5)12-15-13-21(19(23)25-20(2,3)4)17-11-8-7-10-16(15)17/h6-8,10-11,13-14H,1,9,12H2,2-5H3. The first-order valence-electron chi connectivity index (χ1n) is 8.28. The van der Waals surface area contributed by atoms with Crippen LogP contribution in [0.3, 0.4) is 0 Å². The van der Waals surface area contributed by atoms with Crippen LogP contribution in [0.1, 0.15) is 32.8 Å². The van der Waals surface area contributed by atoms with Gasteiger partial charge in [-0.05, 0) is 45.2 Å². The molecule has 1 unspecified atom stereocenters. The minimum Gasteiger partial charge on any atom is -0.469 e. The summed E-state index contributed by atoms with van der Waals surface area (Å²) in [5.41, 5.74) is 1.08. The Morgan fingerprint density at radius 3 is 2.56 bits per heavy atom. The molecule has 0 aliphatic carbocycles. The van der Waals surface area contributed by atoms with Crippen LogP contribution in [-0.4, -0.2) is 29.3 Å². The number of hydrogen-bond acceptors (Lipinski definition) is 4. The van der Waals surface area contributed by atoms with Crippen molar-refractivity contribution in [2.75, 3.05) is 7.11 Å². The zero-order chi connectivity index (χ0) is 18.6. The van der Waals surface area contributed by atoms with E-state index < -0.39 is 11.7 Å². The van der Waals surface area contributed by atoms with Gasteiger partial charge in [-0.25, -0.2) is 4.79 Å². The molecule has 1 aromatic carbocycles. The van der Waals surface area contributed by atoms with E-state index >= 15 is 0 Å². The van der Waals surface area contributed by atoms with Crippen LogP contribution in [0.5, 0.6) is 0 Å². The lowest BCUT2D eigenvalue weighted by Gasteiger charge is -2.19. The quantitative estimate of drug-likeness (QED) is 0.599. The average Bonchev–Trinajstić information content (AvgIpc) is 2.91. The molecule has 25 heavy (non-hydrogen) atoms. The van der Waals surface area contributed by atoms with Crippen molar-refractivity contribution in [3.63, 3.8) is 0 Å². The van der Waals surface area contributed by atoms with E-state index in [2.05, 4.69) is 6.58 Å². The highest BCUT2D eigenvalue weighted by atomic mass is 16.6. The molecule has 0 saturated heterocycles. The third kappa shape index (κ3) is 4.50. The Balaban J connectivity index is 2.42. The molecule has 0 saturated carbocycles. The van der Waals surface area contributed by atoms with E-state index in [0.717, 1.165) is 16.5 Å². The lowest BCUT2D eigenvalue weighted by molar-refractivity contribution is -0.145. The molecule has 5 nitrogen and oxygen atoms in total. The van der Waals surface area contributed by atoms with Crippen molar-refractivity contribution in [3.8, 4) is 0 Å². The summed E-state index contributed by atoms with van der Waals surface area (Å²) in [5.74, 6) is -0.616. The number of para-hydroxylation sites is 1. The van der Waals surface area contributed by atoms with E-state index in [0.29, 0.717) is 12.8 Å². The Hall–Kier alpha value is -2.56. The fourth-order valence-electron chi connectivity index (χ4n) is 2.77. The van der Waals surface area contributed by atoms with Gasteiger partial charge in [0, 0.05) is 11.6 Å². The lowest BCUT2D eigenvalue weighted by Crippen LogP contribution is -2.26. The van der Waals surface area contributed by atoms with Crippen LogP contribution >= 0.6 is 0 Å². The molecule has 1 aromatic heterocycles. The molecule has 2 rings (SSSR count). The first kappa shape index (κ1) is 18.8. The van der Waals surface area contributed by atoms with E-state index in [1.807, 2.05) is 45.0 Å². The van der Waals surface area contributed by atoms with E-state index in [1.54, 1.807) is 12.3 Å². The van der Waals surface area contributed by atoms with E-state index in [-0.39, 0.29) is 11.9 Å². The van der Waals surface area contributed by atoms with Gasteiger partial charge in [0.1, 0.15) is 5.60 Å². The number of ether oxygens (including phenoxy) is 2. The average molecular weight is 343 g/mol. The molecule has 0 spiro atoms. The number of aromatic nitrogens is 1. The lowest BCUT2D eigenvalue weighted by atomic mass is 9.96. The Labute approximate surface area is 148 Å². The monoisotopic (exact) mass is 343 g/mol. The van der Waals surface area contributed by atoms with Gasteiger partial charge in [0.25, 0.3) is 0 Å². The molecule has 0 amide bonds. The molecule has 5 heteroatoms. The molecule has 0 bridgehead atoms. The largest absolute Gasteiger partial charge is 0.469 e. The first-order valence-corrected chi connectivity index (χ1v) is 8.28. The number of methoxy groups -OCH3 is 1. The molecular formula is C20H25NO4. The molecule has 0 aliphatic heterocycles. The van der Waals surface area contributed by atoms with Gasteiger partial charge in [-0.2, -0.15) is 0 Å². The predicted octanol–water partition coefficient (Wildman–Crippen LogP) is 4.33. The zero-order valence-electron chi connectivity index (χ0n) is 15.2. The van der Waals surface area contributed by atoms with Crippen molar-refractivity contribution in [3.05, 3.63) is 48.7 Å². The van der Waals surface area contributed by atoms with Gasteiger partial charge in [0.2, 0.25) is 0 Å². The third-order valence-corrected chi connectivity index (χ3v) is 3.84. The van der Waals surface area contributed by atoms with Crippen LogP contribution < -0.4 is 0 Å². The smallest absolute Gasteiger partial charge is 0.419 e. The van der Waals surface area contributed by atoms with Crippen molar-refractivity contribution >= 4 is 23.0 Å². The molecule has 2 aromatic rings. The van der Waals surface area contributed by atoms with E-state index in [9.17, 15) is 9.59 Å². The number of nitrogens with zero attached hydrogens (tertiary/aromatic N) is 1. The molecule has 1 atom stereocenters. The summed E-state index contributed by atoms with van der Waals surface area (Å²) in [6.07, 6.45) is 3.99. The number of benzene rings is 1. The molecule has 0 aliphatic rings. The van der Waals surface area contributed by atoms with Gasteiger partial charge < -0.3 is 9.47 Å². The van der Waals surface area contributed by atoms with Gasteiger partial charge in [0.05, 0.1) is 18.5 Å². The van der Waals surface area contributed by atoms with Crippen molar-refractivity contribution in [2.45, 2.75) is 39.2 Å². The highest BCUT2D eigenvalue weighted by Gasteiger charge is 2.24. The number of fused-ring (bicyclic) bond motifs is 1. The highest BCUT2D eigenvalue weighted by Crippen LogP contribution is 2.26. The second kappa shape index (κ2) is 7.55. The molecule has 134 valence electrons. The van der Waals surface area contributed by atoms with Gasteiger partial charge in [0.15, 0.2) is 0 Å². The summed E-state index contributed by atoms with van der Waals surface area (Å²) in [5, 5.41) is 0.923. The number of rotatable bonds is 5. The van der Waals surface area contributed by atoms with E-state index in [1.165, 1.54) is 11.7 Å². The van der Waals surface area contributed by atoms with E-state index in [4.69, 9.17) is 9.47 Å². The second-order valence-electron chi connectivity index (χ2n) is 6.97. The van der Waals surface area contributed by atoms with Gasteiger partial charge in [-0.1, -0.05) is 24.3 Å². The maximum absolute atomic E-state index is 12.5. The number of allylic oxidation sites excluding steroid dienone is 1. The highest BCUT2D eigenvalue weighted by molar-refractivity contribution is 5.92. The molecule has 0 fully saturated rings. The van der Waals surface area contributed by atoms with Crippen molar-refractivity contribution < 1.29 is 19.1 Å². The summed E-state index contributed by atoms with van der Waals surface area (Å²) in [6, 6.07) is 7.58. The van der Waals surface area contributed by atoms with Crippen LogP contribution in [0.2, 0.25) is 0 Å². The number of esters is 1. The van der Waals surface area contributed by atoms with Crippen LogP contribution in [0, 0.1) is 5.92 Å². The third-order valence-electron chi connectivity index (χ3n) is 3.84. The van der Waals surface area contributed by atoms with Gasteiger partial charge in [-0.3, -0.25) is 9.36 Å². The minimum absolute atomic E-state index is 0.283. The number of hydrogen-bond donors (Lipinski definition) is 0. The van der Waals surface area contributed by atoms with Gasteiger partial charge >= 0.3 is 12.1 Å². The number of carbonyl (C=O) groups excluding carboxylic acids is 2. The van der Waals surface area contributed by atoms with Crippen LogP contribution in [0.25, 0.3) is 10.9 Å². The maximum Gasteiger partial charge on any atom is 0.419 e. The summed E-state index contributed by atoms with van der Waals surface area (Å²) >= 11 is 0. The number of carbonyl (C=O) groups is 2. The minimum atomic E-state index is -0.583. The summed E-state index contributed by atoms with van der Waals surface area (Å²) in [7, 11) is 1.38. The SMILES string of the molecule is C=CCC(Cc1cn(C(=O)OC(C)(C)C)c2ccccc12)C(=O)OC. The van der Waals surface area contributed by atoms with Crippen LogP contribution in [0.4, 0.5) is 4.79 Å². The molecular weight excluding hydrogens is 318 g/mol. The zero-order valence-corrected chi connectivity index (χ0v) is 15.2. The van der Waals surface area contributed by atoms with Gasteiger partial charge in [-0.15, -0.1) is 6.58 Å². The summed E-state index contributed by atoms with van der Waals surface area (Å²) < 4.78 is 11.9. The predicted molar refractivity (Wildman–Crippen MR) is 97.6 cm³/mol. The molecule has 0 radical (unpaired) electrons. The molecule has 0 N–H and O–H groups in total. The van der Waals surface area contributed by atoms with Crippen LogP contribution in [-0.2, 0) is 20.7 Å². The first-order chi connectivity index (χ1) is 11.8. The van der Waals surface area contributed by atoms with Crippen LogP contribution in [0.15, 0.2) is 43.1 Å². The normalized spacial score (nSPS) is 12.6.